The van der Waals surface area contributed by atoms with Crippen LogP contribution in [-0.2, 0) is 0 Å². The lowest BCUT2D eigenvalue weighted by molar-refractivity contribution is 0.164. The second-order valence-electron chi connectivity index (χ2n) is 4.03. The Kier molecular flexibility index (Phi) is 2.57. The predicted molar refractivity (Wildman–Crippen MR) is 63.4 cm³/mol. The van der Waals surface area contributed by atoms with Crippen molar-refractivity contribution in [2.45, 2.75) is 18.6 Å². The number of rotatable bonds is 1. The fourth-order valence-corrected chi connectivity index (χ4v) is 2.70. The maximum atomic E-state index is 13.2. The molecule has 1 aliphatic rings. The van der Waals surface area contributed by atoms with E-state index in [9.17, 15) is 4.39 Å². The van der Waals surface area contributed by atoms with E-state index in [2.05, 4.69) is 4.98 Å². The summed E-state index contributed by atoms with van der Waals surface area (Å²) >= 11 is 1.52. The van der Waals surface area contributed by atoms with E-state index in [0.29, 0.717) is 12.2 Å². The number of aromatic nitrogens is 1. The van der Waals surface area contributed by atoms with Gasteiger partial charge in [0.25, 0.3) is 0 Å². The first-order chi connectivity index (χ1) is 8.24. The molecule has 0 saturated carbocycles. The van der Waals surface area contributed by atoms with Crippen LogP contribution in [0, 0.1) is 5.82 Å². The number of fused-ring (bicyclic) bond motifs is 1. The Morgan fingerprint density at radius 2 is 2.35 bits per heavy atom. The molecule has 0 saturated heterocycles. The Morgan fingerprint density at radius 1 is 1.47 bits per heavy atom. The van der Waals surface area contributed by atoms with Gasteiger partial charge in [0.05, 0.1) is 10.4 Å². The number of nitrogens with two attached hydrogens (primary N) is 1. The monoisotopic (exact) mass is 250 g/mol. The first kappa shape index (κ1) is 10.7. The van der Waals surface area contributed by atoms with E-state index in [4.69, 9.17) is 10.5 Å². The van der Waals surface area contributed by atoms with Gasteiger partial charge in [0.15, 0.2) is 0 Å². The fraction of sp³-hybridized carbons (Fsp3) is 0.250. The number of ether oxygens (including phenoxy) is 1. The number of thiazole rings is 1. The molecule has 0 radical (unpaired) electrons. The zero-order valence-electron chi connectivity index (χ0n) is 8.97. The van der Waals surface area contributed by atoms with Crippen molar-refractivity contribution in [3.8, 4) is 5.75 Å². The summed E-state index contributed by atoms with van der Waals surface area (Å²) in [6, 6.07) is 4.38. The van der Waals surface area contributed by atoms with Gasteiger partial charge in [0.1, 0.15) is 17.7 Å². The van der Waals surface area contributed by atoms with Crippen LogP contribution in [0.15, 0.2) is 29.9 Å². The lowest BCUT2D eigenvalue weighted by Gasteiger charge is -2.29. The van der Waals surface area contributed by atoms with Crippen LogP contribution in [0.3, 0.4) is 0 Å². The van der Waals surface area contributed by atoms with E-state index in [1.807, 2.05) is 0 Å². The molecule has 2 heterocycles. The van der Waals surface area contributed by atoms with Crippen molar-refractivity contribution in [1.82, 2.24) is 4.98 Å². The zero-order valence-corrected chi connectivity index (χ0v) is 9.78. The van der Waals surface area contributed by atoms with Crippen LogP contribution in [0.2, 0.25) is 0 Å². The summed E-state index contributed by atoms with van der Waals surface area (Å²) in [6.45, 7) is 0. The number of hydrogen-bond acceptors (Lipinski definition) is 4. The highest BCUT2D eigenvalue weighted by Crippen LogP contribution is 2.40. The minimum absolute atomic E-state index is 0.119. The van der Waals surface area contributed by atoms with E-state index in [0.717, 1.165) is 10.4 Å². The highest BCUT2D eigenvalue weighted by molar-refractivity contribution is 7.09. The van der Waals surface area contributed by atoms with Gasteiger partial charge in [0.2, 0.25) is 0 Å². The van der Waals surface area contributed by atoms with Gasteiger partial charge in [-0.25, -0.2) is 4.39 Å². The van der Waals surface area contributed by atoms with E-state index in [1.54, 1.807) is 17.8 Å². The van der Waals surface area contributed by atoms with Crippen LogP contribution < -0.4 is 10.5 Å². The second kappa shape index (κ2) is 4.09. The summed E-state index contributed by atoms with van der Waals surface area (Å²) in [6.07, 6.45) is 2.35. The molecule has 0 aliphatic carbocycles. The normalized spacial score (nSPS) is 22.9. The maximum absolute atomic E-state index is 13.2. The third-order valence-corrected chi connectivity index (χ3v) is 3.75. The zero-order chi connectivity index (χ0) is 11.8. The van der Waals surface area contributed by atoms with Crippen molar-refractivity contribution < 1.29 is 9.13 Å². The molecule has 3 nitrogen and oxygen atoms in total. The largest absolute Gasteiger partial charge is 0.484 e. The van der Waals surface area contributed by atoms with Crippen molar-refractivity contribution in [2.24, 2.45) is 5.73 Å². The van der Waals surface area contributed by atoms with Gasteiger partial charge >= 0.3 is 0 Å². The fourth-order valence-electron chi connectivity index (χ4n) is 2.03. The Balaban J connectivity index is 1.97. The van der Waals surface area contributed by atoms with Gasteiger partial charge < -0.3 is 10.5 Å². The number of halogens is 1. The van der Waals surface area contributed by atoms with Crippen LogP contribution in [0.4, 0.5) is 4.39 Å². The van der Waals surface area contributed by atoms with Gasteiger partial charge in [-0.15, -0.1) is 11.3 Å². The Bertz CT molecular complexity index is 529. The Hall–Kier alpha value is -1.46. The molecule has 2 unspecified atom stereocenters. The third kappa shape index (κ3) is 1.92. The van der Waals surface area contributed by atoms with Crippen LogP contribution >= 0.6 is 11.3 Å². The molecular formula is C12H11FN2OS. The maximum Gasteiger partial charge on any atom is 0.136 e. The van der Waals surface area contributed by atoms with Crippen molar-refractivity contribution >= 4 is 11.3 Å². The second-order valence-corrected chi connectivity index (χ2v) is 4.95. The number of hydrogen-bond donors (Lipinski definition) is 1. The molecule has 88 valence electrons. The molecule has 0 amide bonds. The quantitative estimate of drug-likeness (QED) is 0.846. The molecule has 3 rings (SSSR count). The lowest BCUT2D eigenvalue weighted by atomic mass is 9.97. The molecule has 1 aromatic heterocycles. The topological polar surface area (TPSA) is 48.1 Å². The summed E-state index contributed by atoms with van der Waals surface area (Å²) in [5.74, 6) is 0.239. The van der Waals surface area contributed by atoms with Crippen molar-refractivity contribution in [3.05, 3.63) is 46.2 Å². The highest BCUT2D eigenvalue weighted by atomic mass is 32.1. The smallest absolute Gasteiger partial charge is 0.136 e. The summed E-state index contributed by atoms with van der Waals surface area (Å²) in [5.41, 5.74) is 8.70. The Labute approximate surface area is 102 Å². The van der Waals surface area contributed by atoms with Crippen molar-refractivity contribution in [1.29, 1.82) is 0 Å². The summed E-state index contributed by atoms with van der Waals surface area (Å²) < 4.78 is 18.9. The molecule has 17 heavy (non-hydrogen) atoms. The molecule has 2 aromatic rings. The molecule has 1 aliphatic heterocycles. The molecule has 5 heteroatoms. The van der Waals surface area contributed by atoms with Gasteiger partial charge in [-0.2, -0.15) is 0 Å². The SMILES string of the molecule is NC1CC(c2cncs2)Oc2cc(F)ccc21. The molecular weight excluding hydrogens is 239 g/mol. The molecule has 2 atom stereocenters. The number of benzene rings is 1. The average molecular weight is 250 g/mol. The summed E-state index contributed by atoms with van der Waals surface area (Å²) in [4.78, 5) is 5.04. The third-order valence-electron chi connectivity index (χ3n) is 2.88. The number of nitrogens with zero attached hydrogens (tertiary/aromatic N) is 1. The molecule has 2 N–H and O–H groups in total. The molecule has 0 fully saturated rings. The molecule has 0 bridgehead atoms. The van der Waals surface area contributed by atoms with Gasteiger partial charge in [-0.1, -0.05) is 6.07 Å². The average Bonchev–Trinajstić information content (AvgIpc) is 2.81. The lowest BCUT2D eigenvalue weighted by Crippen LogP contribution is -2.23. The first-order valence-corrected chi connectivity index (χ1v) is 6.22. The summed E-state index contributed by atoms with van der Waals surface area (Å²) in [7, 11) is 0. The minimum Gasteiger partial charge on any atom is -0.484 e. The van der Waals surface area contributed by atoms with Crippen molar-refractivity contribution in [3.63, 3.8) is 0 Å². The molecule has 0 spiro atoms. The van der Waals surface area contributed by atoms with E-state index < -0.39 is 0 Å². The summed E-state index contributed by atoms with van der Waals surface area (Å²) in [5, 5.41) is 0. The van der Waals surface area contributed by atoms with E-state index in [1.165, 1.54) is 23.5 Å². The standard InChI is InChI=1S/C12H11FN2OS/c13-7-1-2-8-9(14)4-11(16-10(8)3-7)12-5-15-6-17-12/h1-3,5-6,9,11H,4,14H2. The van der Waals surface area contributed by atoms with E-state index >= 15 is 0 Å². The predicted octanol–water partition coefficient (Wildman–Crippen LogP) is 2.81. The van der Waals surface area contributed by atoms with Crippen LogP contribution in [0.1, 0.15) is 29.0 Å². The van der Waals surface area contributed by atoms with Gasteiger partial charge in [-0.3, -0.25) is 4.98 Å². The van der Waals surface area contributed by atoms with Gasteiger partial charge in [0, 0.05) is 30.3 Å². The van der Waals surface area contributed by atoms with Crippen LogP contribution in [0.25, 0.3) is 0 Å². The van der Waals surface area contributed by atoms with Crippen LogP contribution in [-0.4, -0.2) is 4.98 Å². The Morgan fingerprint density at radius 3 is 3.12 bits per heavy atom. The van der Waals surface area contributed by atoms with E-state index in [-0.39, 0.29) is 18.0 Å². The first-order valence-electron chi connectivity index (χ1n) is 5.34. The molecule has 1 aromatic carbocycles. The highest BCUT2D eigenvalue weighted by Gasteiger charge is 2.28. The van der Waals surface area contributed by atoms with Crippen molar-refractivity contribution in [2.75, 3.05) is 0 Å². The minimum atomic E-state index is -0.305. The van der Waals surface area contributed by atoms with Crippen LogP contribution in [0.5, 0.6) is 5.75 Å². The van der Waals surface area contributed by atoms with Gasteiger partial charge in [-0.05, 0) is 6.07 Å².